The quantitative estimate of drug-likeness (QED) is 0.594. The molecule has 7 heteroatoms. The zero-order valence-corrected chi connectivity index (χ0v) is 9.64. The molecule has 1 heterocycles. The third kappa shape index (κ3) is 2.69. The number of ether oxygens (including phenoxy) is 1. The Labute approximate surface area is 93.4 Å². The summed E-state index contributed by atoms with van der Waals surface area (Å²) >= 11 is 0. The molecule has 16 heavy (non-hydrogen) atoms. The summed E-state index contributed by atoms with van der Waals surface area (Å²) in [6.07, 6.45) is 2.06. The molecule has 1 rings (SSSR count). The van der Waals surface area contributed by atoms with Crippen molar-refractivity contribution in [3.05, 3.63) is 16.4 Å². The van der Waals surface area contributed by atoms with Gasteiger partial charge in [0.05, 0.1) is 0 Å². The minimum absolute atomic E-state index is 0.134. The average Bonchev–Trinajstić information content (AvgIpc) is 2.57. The van der Waals surface area contributed by atoms with Gasteiger partial charge >= 0.3 is 5.82 Å². The molecule has 7 nitrogen and oxygen atoms in total. The number of hydrogen-bond acceptors (Lipinski definition) is 5. The van der Waals surface area contributed by atoms with Gasteiger partial charge in [-0.3, -0.25) is 4.57 Å². The van der Waals surface area contributed by atoms with Crippen molar-refractivity contribution in [2.45, 2.75) is 25.8 Å². The largest absolute Gasteiger partial charge is 0.471 e. The topological polar surface area (TPSA) is 96.2 Å². The van der Waals surface area contributed by atoms with Gasteiger partial charge in [-0.05, 0) is 23.3 Å². The van der Waals surface area contributed by atoms with Crippen LogP contribution < -0.4 is 10.5 Å². The van der Waals surface area contributed by atoms with Gasteiger partial charge in [0.1, 0.15) is 6.61 Å². The molecule has 2 N–H and O–H groups in total. The van der Waals surface area contributed by atoms with Crippen LogP contribution in [0, 0.1) is 10.1 Å². The van der Waals surface area contributed by atoms with Crippen molar-refractivity contribution in [1.29, 1.82) is 0 Å². The van der Waals surface area contributed by atoms with Crippen LogP contribution in [0.1, 0.15) is 20.3 Å². The number of nitro groups is 1. The van der Waals surface area contributed by atoms with Crippen LogP contribution in [0.2, 0.25) is 0 Å². The van der Waals surface area contributed by atoms with Gasteiger partial charge in [-0.25, -0.2) is 0 Å². The van der Waals surface area contributed by atoms with Gasteiger partial charge in [-0.15, -0.1) is 0 Å². The molecule has 1 unspecified atom stereocenters. The van der Waals surface area contributed by atoms with Gasteiger partial charge in [0, 0.05) is 12.6 Å². The number of aromatic nitrogens is 2. The van der Waals surface area contributed by atoms with Crippen molar-refractivity contribution >= 4 is 5.82 Å². The van der Waals surface area contributed by atoms with Gasteiger partial charge in [0.15, 0.2) is 0 Å². The lowest BCUT2D eigenvalue weighted by molar-refractivity contribution is -0.390. The fourth-order valence-corrected chi connectivity index (χ4v) is 1.03. The second-order valence-corrected chi connectivity index (χ2v) is 4.04. The molecule has 0 bridgehead atoms. The minimum Gasteiger partial charge on any atom is -0.471 e. The van der Waals surface area contributed by atoms with Crippen LogP contribution in [0.25, 0.3) is 0 Å². The first-order valence-electron chi connectivity index (χ1n) is 4.95. The van der Waals surface area contributed by atoms with E-state index in [4.69, 9.17) is 10.5 Å². The third-order valence-electron chi connectivity index (χ3n) is 2.38. The smallest absolute Gasteiger partial charge is 0.426 e. The molecule has 0 saturated heterocycles. The molecule has 0 aliphatic heterocycles. The Bertz CT molecular complexity index is 386. The summed E-state index contributed by atoms with van der Waals surface area (Å²) < 4.78 is 6.82. The van der Waals surface area contributed by atoms with Crippen LogP contribution in [0.15, 0.2) is 6.33 Å². The maximum atomic E-state index is 10.6. The van der Waals surface area contributed by atoms with Crippen molar-refractivity contribution in [2.24, 2.45) is 12.8 Å². The van der Waals surface area contributed by atoms with E-state index in [2.05, 4.69) is 4.98 Å². The highest BCUT2D eigenvalue weighted by molar-refractivity contribution is 5.33. The molecule has 0 aromatic carbocycles. The number of aryl methyl sites for hydroxylation is 1. The molecule has 90 valence electrons. The van der Waals surface area contributed by atoms with E-state index in [0.29, 0.717) is 0 Å². The van der Waals surface area contributed by atoms with E-state index in [1.54, 1.807) is 7.05 Å². The van der Waals surface area contributed by atoms with E-state index in [0.717, 1.165) is 6.42 Å². The zero-order chi connectivity index (χ0) is 12.3. The third-order valence-corrected chi connectivity index (χ3v) is 2.38. The Morgan fingerprint density at radius 1 is 1.75 bits per heavy atom. The van der Waals surface area contributed by atoms with Crippen molar-refractivity contribution in [3.63, 3.8) is 0 Å². The first kappa shape index (κ1) is 12.4. The summed E-state index contributed by atoms with van der Waals surface area (Å²) in [4.78, 5) is 13.7. The number of imidazole rings is 1. The van der Waals surface area contributed by atoms with E-state index in [-0.39, 0.29) is 18.3 Å². The van der Waals surface area contributed by atoms with Crippen LogP contribution in [-0.2, 0) is 7.05 Å². The van der Waals surface area contributed by atoms with Crippen LogP contribution in [-0.4, -0.2) is 26.6 Å². The van der Waals surface area contributed by atoms with E-state index < -0.39 is 10.5 Å². The first-order chi connectivity index (χ1) is 7.37. The number of hydrogen-bond donors (Lipinski definition) is 1. The highest BCUT2D eigenvalue weighted by Crippen LogP contribution is 2.24. The molecular weight excluding hydrogens is 212 g/mol. The second-order valence-electron chi connectivity index (χ2n) is 4.04. The van der Waals surface area contributed by atoms with Gasteiger partial charge < -0.3 is 20.6 Å². The van der Waals surface area contributed by atoms with Crippen LogP contribution in [0.4, 0.5) is 5.82 Å². The van der Waals surface area contributed by atoms with E-state index in [1.807, 2.05) is 13.8 Å². The Balaban J connectivity index is 2.81. The lowest BCUT2D eigenvalue weighted by Crippen LogP contribution is -2.41. The number of nitrogens with zero attached hydrogens (tertiary/aromatic N) is 3. The standard InChI is InChI=1S/C9H16N4O3/c1-4-9(2,10)5-16-8-7(13(14)15)11-6-12(8)3/h6H,4-5,10H2,1-3H3. The lowest BCUT2D eigenvalue weighted by Gasteiger charge is -2.22. The van der Waals surface area contributed by atoms with Crippen molar-refractivity contribution in [1.82, 2.24) is 9.55 Å². The maximum absolute atomic E-state index is 10.6. The maximum Gasteiger partial charge on any atom is 0.426 e. The van der Waals surface area contributed by atoms with E-state index >= 15 is 0 Å². The van der Waals surface area contributed by atoms with Gasteiger partial charge in [-0.1, -0.05) is 6.92 Å². The SMILES string of the molecule is CCC(C)(N)COc1c([N+](=O)[O-])ncn1C. The van der Waals surface area contributed by atoms with E-state index in [1.165, 1.54) is 10.9 Å². The summed E-state index contributed by atoms with van der Waals surface area (Å²) in [6, 6.07) is 0. The molecule has 0 aliphatic rings. The zero-order valence-electron chi connectivity index (χ0n) is 9.64. The molecule has 0 radical (unpaired) electrons. The molecule has 0 saturated carbocycles. The van der Waals surface area contributed by atoms with Crippen molar-refractivity contribution in [2.75, 3.05) is 6.61 Å². The number of nitrogens with two attached hydrogens (primary N) is 1. The van der Waals surface area contributed by atoms with Gasteiger partial charge in [0.2, 0.25) is 6.33 Å². The second kappa shape index (κ2) is 4.48. The fraction of sp³-hybridized carbons (Fsp3) is 0.667. The molecule has 1 aromatic heterocycles. The first-order valence-corrected chi connectivity index (χ1v) is 4.95. The summed E-state index contributed by atoms with van der Waals surface area (Å²) in [5.74, 6) is -0.149. The van der Waals surface area contributed by atoms with Crippen LogP contribution >= 0.6 is 0 Å². The lowest BCUT2D eigenvalue weighted by atomic mass is 10.0. The fourth-order valence-electron chi connectivity index (χ4n) is 1.03. The predicted molar refractivity (Wildman–Crippen MR) is 58.2 cm³/mol. The molecule has 0 amide bonds. The molecule has 1 atom stereocenters. The Morgan fingerprint density at radius 2 is 2.38 bits per heavy atom. The van der Waals surface area contributed by atoms with Crippen LogP contribution in [0.5, 0.6) is 5.88 Å². The summed E-state index contributed by atoms with van der Waals surface area (Å²) in [5.41, 5.74) is 5.38. The van der Waals surface area contributed by atoms with Gasteiger partial charge in [0.25, 0.3) is 5.88 Å². The molecule has 0 fully saturated rings. The Morgan fingerprint density at radius 3 is 2.88 bits per heavy atom. The summed E-state index contributed by atoms with van der Waals surface area (Å²) in [6.45, 7) is 3.97. The Hall–Kier alpha value is -1.63. The molecule has 1 aromatic rings. The summed E-state index contributed by atoms with van der Waals surface area (Å²) in [5, 5.41) is 10.6. The van der Waals surface area contributed by atoms with Crippen molar-refractivity contribution in [3.8, 4) is 5.88 Å². The predicted octanol–water partition coefficient (Wildman–Crippen LogP) is 0.834. The monoisotopic (exact) mass is 228 g/mol. The van der Waals surface area contributed by atoms with Crippen LogP contribution in [0.3, 0.4) is 0 Å². The molecular formula is C9H16N4O3. The molecule has 0 spiro atoms. The Kier molecular flexibility index (Phi) is 3.48. The average molecular weight is 228 g/mol. The van der Waals surface area contributed by atoms with Gasteiger partial charge in [-0.2, -0.15) is 0 Å². The summed E-state index contributed by atoms with van der Waals surface area (Å²) in [7, 11) is 1.63. The minimum atomic E-state index is -0.574. The van der Waals surface area contributed by atoms with Crippen molar-refractivity contribution < 1.29 is 9.66 Å². The normalized spacial score (nSPS) is 14.5. The van der Waals surface area contributed by atoms with E-state index in [9.17, 15) is 10.1 Å². The highest BCUT2D eigenvalue weighted by atomic mass is 16.6. The number of rotatable bonds is 5. The highest BCUT2D eigenvalue weighted by Gasteiger charge is 2.25. The molecule has 0 aliphatic carbocycles.